The highest BCUT2D eigenvalue weighted by Gasteiger charge is 1.91. The number of nitrogens with zero attached hydrogens (tertiary/aromatic N) is 2. The number of hydrogen-bond acceptors (Lipinski definition) is 2. The van der Waals surface area contributed by atoms with E-state index in [0.29, 0.717) is 6.54 Å². The highest BCUT2D eigenvalue weighted by molar-refractivity contribution is 6.46. The Labute approximate surface area is 79.9 Å². The predicted octanol–water partition coefficient (Wildman–Crippen LogP) is 1.08. The van der Waals surface area contributed by atoms with Crippen LogP contribution < -0.4 is 5.73 Å². The van der Waals surface area contributed by atoms with Gasteiger partial charge in [0.25, 0.3) is 0 Å². The lowest BCUT2D eigenvalue weighted by Crippen LogP contribution is -2.08. The topological polar surface area (TPSA) is 62.2 Å². The van der Waals surface area contributed by atoms with Crippen molar-refractivity contribution in [3.63, 3.8) is 0 Å². The van der Waals surface area contributed by atoms with Gasteiger partial charge >= 0.3 is 0 Å². The molecule has 4 heteroatoms. The lowest BCUT2D eigenvalue weighted by molar-refractivity contribution is 1.23. The Balaban J connectivity index is 4.08. The van der Waals surface area contributed by atoms with Crippen LogP contribution in [0.5, 0.6) is 0 Å². The zero-order valence-electron chi connectivity index (χ0n) is 7.83. The molecule has 2 N–H and O–H groups in total. The SMILES string of the molecule is C=C/C([B]CC)=C\CN=C(N)C#N. The molecule has 0 saturated heterocycles. The second-order valence-electron chi connectivity index (χ2n) is 2.36. The van der Waals surface area contributed by atoms with Crippen LogP contribution in [-0.2, 0) is 0 Å². The fourth-order valence-corrected chi connectivity index (χ4v) is 0.770. The van der Waals surface area contributed by atoms with E-state index in [1.807, 2.05) is 20.3 Å². The molecular formula is C9H13BN3. The first kappa shape index (κ1) is 11.5. The van der Waals surface area contributed by atoms with Gasteiger partial charge in [-0.3, -0.25) is 4.99 Å². The highest BCUT2D eigenvalue weighted by Crippen LogP contribution is 1.95. The van der Waals surface area contributed by atoms with Gasteiger partial charge in [-0.05, 0) is 0 Å². The third-order valence-electron chi connectivity index (χ3n) is 1.38. The van der Waals surface area contributed by atoms with E-state index in [1.165, 1.54) is 0 Å². The first-order valence-electron chi connectivity index (χ1n) is 4.10. The van der Waals surface area contributed by atoms with Crippen molar-refractivity contribution in [3.05, 3.63) is 24.2 Å². The number of aliphatic imine (C=N–C) groups is 1. The van der Waals surface area contributed by atoms with Gasteiger partial charge in [0.1, 0.15) is 6.07 Å². The van der Waals surface area contributed by atoms with Gasteiger partial charge < -0.3 is 5.73 Å². The predicted molar refractivity (Wildman–Crippen MR) is 56.6 cm³/mol. The summed E-state index contributed by atoms with van der Waals surface area (Å²) in [7, 11) is 2.03. The van der Waals surface area contributed by atoms with E-state index >= 15 is 0 Å². The molecule has 0 fully saturated rings. The van der Waals surface area contributed by atoms with Gasteiger partial charge in [0.2, 0.25) is 0 Å². The molecule has 0 aliphatic heterocycles. The average Bonchev–Trinajstić information content (AvgIpc) is 2.16. The second kappa shape index (κ2) is 7.17. The van der Waals surface area contributed by atoms with E-state index in [1.54, 1.807) is 12.1 Å². The molecule has 0 rings (SSSR count). The maximum Gasteiger partial charge on any atom is 0.199 e. The van der Waals surface area contributed by atoms with Crippen LogP contribution >= 0.6 is 0 Å². The molecule has 0 amide bonds. The fourth-order valence-electron chi connectivity index (χ4n) is 0.770. The molecule has 0 aliphatic carbocycles. The van der Waals surface area contributed by atoms with Gasteiger partial charge in [0.15, 0.2) is 13.1 Å². The molecule has 67 valence electrons. The standard InChI is InChI=1S/C9H13BN3/c1-3-8(10-4-2)5-6-13-9(12)7-11/h3,5H,1,4,6H2,2H3,(H2,12,13)/b8-5+. The smallest absolute Gasteiger partial charge is 0.199 e. The van der Waals surface area contributed by atoms with Crippen molar-refractivity contribution in [1.29, 1.82) is 5.26 Å². The van der Waals surface area contributed by atoms with Crippen molar-refractivity contribution in [2.45, 2.75) is 13.2 Å². The highest BCUT2D eigenvalue weighted by atomic mass is 14.8. The molecule has 1 radical (unpaired) electrons. The number of hydrogen-bond donors (Lipinski definition) is 1. The van der Waals surface area contributed by atoms with Crippen molar-refractivity contribution in [2.24, 2.45) is 10.7 Å². The second-order valence-corrected chi connectivity index (χ2v) is 2.36. The maximum atomic E-state index is 8.31. The van der Waals surface area contributed by atoms with Crippen molar-refractivity contribution >= 4 is 13.1 Å². The van der Waals surface area contributed by atoms with Gasteiger partial charge in [0, 0.05) is 0 Å². The van der Waals surface area contributed by atoms with E-state index in [2.05, 4.69) is 11.6 Å². The Bertz CT molecular complexity index is 261. The quantitative estimate of drug-likeness (QED) is 0.293. The van der Waals surface area contributed by atoms with Crippen LogP contribution in [-0.4, -0.2) is 19.7 Å². The van der Waals surface area contributed by atoms with Crippen molar-refractivity contribution in [3.8, 4) is 6.07 Å². The van der Waals surface area contributed by atoms with E-state index in [9.17, 15) is 0 Å². The minimum atomic E-state index is 0.0103. The Hall–Kier alpha value is -1.50. The summed E-state index contributed by atoms with van der Waals surface area (Å²) >= 11 is 0. The first-order chi connectivity index (χ1) is 6.24. The molecule has 0 atom stereocenters. The Kier molecular flexibility index (Phi) is 6.35. The van der Waals surface area contributed by atoms with Gasteiger partial charge in [-0.2, -0.15) is 5.26 Å². The molecule has 3 nitrogen and oxygen atoms in total. The number of amidine groups is 1. The molecule has 0 aromatic carbocycles. The molecule has 0 spiro atoms. The summed E-state index contributed by atoms with van der Waals surface area (Å²) in [5.74, 6) is 0.0103. The molecule has 0 aromatic heterocycles. The van der Waals surface area contributed by atoms with Crippen LogP contribution in [0.2, 0.25) is 6.32 Å². The Morgan fingerprint density at radius 1 is 1.77 bits per heavy atom. The average molecular weight is 174 g/mol. The molecule has 13 heavy (non-hydrogen) atoms. The summed E-state index contributed by atoms with van der Waals surface area (Å²) in [5, 5.41) is 8.31. The lowest BCUT2D eigenvalue weighted by atomic mass is 9.67. The molecular weight excluding hydrogens is 161 g/mol. The fraction of sp³-hybridized carbons (Fsp3) is 0.333. The Morgan fingerprint density at radius 2 is 2.46 bits per heavy atom. The van der Waals surface area contributed by atoms with Crippen LogP contribution in [0.15, 0.2) is 29.2 Å². The molecule has 0 saturated carbocycles. The normalized spacial score (nSPS) is 12.0. The van der Waals surface area contributed by atoms with Crippen LogP contribution in [0.4, 0.5) is 0 Å². The summed E-state index contributed by atoms with van der Waals surface area (Å²) < 4.78 is 0. The summed E-state index contributed by atoms with van der Waals surface area (Å²) in [6.07, 6.45) is 4.58. The van der Waals surface area contributed by atoms with Crippen LogP contribution in [0.25, 0.3) is 0 Å². The van der Waals surface area contributed by atoms with E-state index in [4.69, 9.17) is 11.0 Å². The summed E-state index contributed by atoms with van der Waals surface area (Å²) in [6, 6.07) is 1.75. The minimum Gasteiger partial charge on any atom is -0.375 e. The molecule has 0 aliphatic rings. The van der Waals surface area contributed by atoms with E-state index in [0.717, 1.165) is 11.8 Å². The molecule has 0 aromatic rings. The number of allylic oxidation sites excluding steroid dienone is 2. The zero-order chi connectivity index (χ0) is 10.1. The molecule has 0 heterocycles. The van der Waals surface area contributed by atoms with E-state index in [-0.39, 0.29) is 5.84 Å². The van der Waals surface area contributed by atoms with Gasteiger partial charge in [0.05, 0.1) is 6.54 Å². The lowest BCUT2D eigenvalue weighted by Gasteiger charge is -1.95. The van der Waals surface area contributed by atoms with Gasteiger partial charge in [-0.25, -0.2) is 0 Å². The van der Waals surface area contributed by atoms with E-state index < -0.39 is 0 Å². The van der Waals surface area contributed by atoms with Gasteiger partial charge in [-0.1, -0.05) is 37.4 Å². The summed E-state index contributed by atoms with van der Waals surface area (Å²) in [5.41, 5.74) is 6.22. The number of nitrogens with two attached hydrogens (primary N) is 1. The van der Waals surface area contributed by atoms with Gasteiger partial charge in [-0.15, -0.1) is 0 Å². The number of rotatable bonds is 5. The van der Waals surface area contributed by atoms with Crippen LogP contribution in [0.1, 0.15) is 6.92 Å². The van der Waals surface area contributed by atoms with Crippen molar-refractivity contribution in [2.75, 3.05) is 6.54 Å². The monoisotopic (exact) mass is 174 g/mol. The minimum absolute atomic E-state index is 0.0103. The summed E-state index contributed by atoms with van der Waals surface area (Å²) in [6.45, 7) is 6.13. The third-order valence-corrected chi connectivity index (χ3v) is 1.38. The third kappa shape index (κ3) is 5.74. The summed E-state index contributed by atoms with van der Waals surface area (Å²) in [4.78, 5) is 3.80. The van der Waals surface area contributed by atoms with Crippen molar-refractivity contribution in [1.82, 2.24) is 0 Å². The number of nitriles is 1. The molecule has 0 unspecified atom stereocenters. The first-order valence-corrected chi connectivity index (χ1v) is 4.10. The zero-order valence-corrected chi connectivity index (χ0v) is 7.83. The molecule has 0 bridgehead atoms. The largest absolute Gasteiger partial charge is 0.375 e. The van der Waals surface area contributed by atoms with Crippen LogP contribution in [0.3, 0.4) is 0 Å². The van der Waals surface area contributed by atoms with Crippen LogP contribution in [0, 0.1) is 11.3 Å². The maximum absolute atomic E-state index is 8.31. The van der Waals surface area contributed by atoms with Crippen molar-refractivity contribution < 1.29 is 0 Å². The Morgan fingerprint density at radius 3 is 2.92 bits per heavy atom.